The van der Waals surface area contributed by atoms with Gasteiger partial charge in [-0.15, -0.1) is 0 Å². The third-order valence-electron chi connectivity index (χ3n) is 2.57. The van der Waals surface area contributed by atoms with E-state index in [0.29, 0.717) is 6.07 Å². The number of hydrogen-bond acceptors (Lipinski definition) is 3. The molecule has 3 nitrogen and oxygen atoms in total. The Kier molecular flexibility index (Phi) is 3.75. The van der Waals surface area contributed by atoms with E-state index in [1.54, 1.807) is 0 Å². The van der Waals surface area contributed by atoms with E-state index >= 15 is 0 Å². The first-order chi connectivity index (χ1) is 9.19. The van der Waals surface area contributed by atoms with Crippen LogP contribution in [-0.2, 0) is 15.2 Å². The number of aromatic nitrogens is 1. The molecule has 0 aliphatic heterocycles. The maximum absolute atomic E-state index is 13.0. The monoisotopic (exact) mass is 321 g/mol. The van der Waals surface area contributed by atoms with E-state index in [1.807, 2.05) is 0 Å². The van der Waals surface area contributed by atoms with Gasteiger partial charge in [-0.25, -0.2) is 8.42 Å². The van der Waals surface area contributed by atoms with E-state index in [1.165, 1.54) is 24.5 Å². The summed E-state index contributed by atoms with van der Waals surface area (Å²) in [5, 5.41) is 0. The fraction of sp³-hybridized carbons (Fsp3) is 0.0833. The van der Waals surface area contributed by atoms with Gasteiger partial charge in [0.25, 0.3) is 9.05 Å². The molecular formula is C12H7ClF3NO2S. The summed E-state index contributed by atoms with van der Waals surface area (Å²) in [5.74, 6) is 0. The minimum atomic E-state index is -4.70. The SMILES string of the molecule is O=S(=O)(Cl)c1ccc(-c2ccncc2)c(C(F)(F)F)c1. The third-order valence-corrected chi connectivity index (χ3v) is 3.92. The Hall–Kier alpha value is -1.60. The first-order valence-electron chi connectivity index (χ1n) is 5.26. The minimum absolute atomic E-state index is 0.135. The Labute approximate surface area is 117 Å². The van der Waals surface area contributed by atoms with Crippen molar-refractivity contribution in [1.82, 2.24) is 4.98 Å². The molecule has 0 spiro atoms. The first-order valence-corrected chi connectivity index (χ1v) is 7.57. The van der Waals surface area contributed by atoms with Crippen molar-refractivity contribution in [3.63, 3.8) is 0 Å². The zero-order valence-corrected chi connectivity index (χ0v) is 11.3. The lowest BCUT2D eigenvalue weighted by atomic mass is 10.0. The summed E-state index contributed by atoms with van der Waals surface area (Å²) < 4.78 is 61.4. The highest BCUT2D eigenvalue weighted by molar-refractivity contribution is 8.13. The maximum Gasteiger partial charge on any atom is 0.417 e. The highest BCUT2D eigenvalue weighted by Crippen LogP contribution is 2.38. The molecule has 0 fully saturated rings. The van der Waals surface area contributed by atoms with Gasteiger partial charge in [0.15, 0.2) is 0 Å². The summed E-state index contributed by atoms with van der Waals surface area (Å²) in [5.41, 5.74) is -0.916. The Morgan fingerprint density at radius 3 is 2.15 bits per heavy atom. The van der Waals surface area contributed by atoms with Gasteiger partial charge in [-0.2, -0.15) is 13.2 Å². The Morgan fingerprint density at radius 2 is 1.65 bits per heavy atom. The van der Waals surface area contributed by atoms with E-state index in [4.69, 9.17) is 10.7 Å². The van der Waals surface area contributed by atoms with Gasteiger partial charge in [0.2, 0.25) is 0 Å². The average Bonchev–Trinajstić information content (AvgIpc) is 2.37. The summed E-state index contributed by atoms with van der Waals surface area (Å²) in [4.78, 5) is 3.13. The number of rotatable bonds is 2. The number of benzene rings is 1. The molecule has 1 heterocycles. The Morgan fingerprint density at radius 1 is 1.05 bits per heavy atom. The van der Waals surface area contributed by atoms with Gasteiger partial charge in [-0.3, -0.25) is 4.98 Å². The van der Waals surface area contributed by atoms with Crippen LogP contribution in [-0.4, -0.2) is 13.4 Å². The first kappa shape index (κ1) is 14.8. The molecular weight excluding hydrogens is 315 g/mol. The third kappa shape index (κ3) is 3.10. The second-order valence-electron chi connectivity index (χ2n) is 3.88. The summed E-state index contributed by atoms with van der Waals surface area (Å²) in [6, 6.07) is 5.44. The summed E-state index contributed by atoms with van der Waals surface area (Å²) in [6.07, 6.45) is -2.00. The van der Waals surface area contributed by atoms with Gasteiger partial charge < -0.3 is 0 Å². The van der Waals surface area contributed by atoms with Crippen LogP contribution < -0.4 is 0 Å². The van der Waals surface area contributed by atoms with Crippen LogP contribution in [0.25, 0.3) is 11.1 Å². The molecule has 0 atom stereocenters. The van der Waals surface area contributed by atoms with Crippen molar-refractivity contribution in [2.75, 3.05) is 0 Å². The predicted octanol–water partition coefficient (Wildman–Crippen LogP) is 3.69. The van der Waals surface area contributed by atoms with Crippen LogP contribution >= 0.6 is 10.7 Å². The molecule has 0 radical (unpaired) electrons. The topological polar surface area (TPSA) is 47.0 Å². The molecule has 0 saturated heterocycles. The van der Waals surface area contributed by atoms with Crippen LogP contribution in [0.2, 0.25) is 0 Å². The quantitative estimate of drug-likeness (QED) is 0.792. The molecule has 8 heteroatoms. The molecule has 0 amide bonds. The van der Waals surface area contributed by atoms with E-state index in [0.717, 1.165) is 12.1 Å². The van der Waals surface area contributed by atoms with E-state index in [9.17, 15) is 21.6 Å². The van der Waals surface area contributed by atoms with Crippen molar-refractivity contribution < 1.29 is 21.6 Å². The minimum Gasteiger partial charge on any atom is -0.265 e. The van der Waals surface area contributed by atoms with Gasteiger partial charge in [0.1, 0.15) is 0 Å². The molecule has 0 aliphatic carbocycles. The zero-order chi connectivity index (χ0) is 15.0. The Bertz CT molecular complexity index is 730. The molecule has 2 rings (SSSR count). The van der Waals surface area contributed by atoms with E-state index in [2.05, 4.69) is 4.98 Å². The molecule has 0 bridgehead atoms. The number of hydrogen-bond donors (Lipinski definition) is 0. The Balaban J connectivity index is 2.71. The smallest absolute Gasteiger partial charge is 0.265 e. The fourth-order valence-electron chi connectivity index (χ4n) is 1.69. The maximum atomic E-state index is 13.0. The predicted molar refractivity (Wildman–Crippen MR) is 67.7 cm³/mol. The van der Waals surface area contributed by atoms with Crippen LogP contribution in [0.5, 0.6) is 0 Å². The van der Waals surface area contributed by atoms with Gasteiger partial charge >= 0.3 is 6.18 Å². The zero-order valence-electron chi connectivity index (χ0n) is 9.73. The summed E-state index contributed by atoms with van der Waals surface area (Å²) in [6.45, 7) is 0. The van der Waals surface area contributed by atoms with Crippen molar-refractivity contribution in [3.8, 4) is 11.1 Å². The van der Waals surface area contributed by atoms with Crippen LogP contribution in [0.3, 0.4) is 0 Å². The van der Waals surface area contributed by atoms with E-state index in [-0.39, 0.29) is 11.1 Å². The molecule has 1 aromatic carbocycles. The summed E-state index contributed by atoms with van der Waals surface area (Å²) in [7, 11) is 0.849. The molecule has 2 aromatic rings. The second kappa shape index (κ2) is 5.06. The average molecular weight is 322 g/mol. The summed E-state index contributed by atoms with van der Waals surface area (Å²) >= 11 is 0. The van der Waals surface area contributed by atoms with E-state index < -0.39 is 25.7 Å². The lowest BCUT2D eigenvalue weighted by Gasteiger charge is -2.13. The van der Waals surface area contributed by atoms with Crippen molar-refractivity contribution in [2.24, 2.45) is 0 Å². The van der Waals surface area contributed by atoms with Gasteiger partial charge in [-0.1, -0.05) is 6.07 Å². The lowest BCUT2D eigenvalue weighted by Crippen LogP contribution is -2.08. The highest BCUT2D eigenvalue weighted by Gasteiger charge is 2.34. The highest BCUT2D eigenvalue weighted by atomic mass is 35.7. The lowest BCUT2D eigenvalue weighted by molar-refractivity contribution is -0.137. The molecule has 0 saturated carbocycles. The molecule has 1 aromatic heterocycles. The van der Waals surface area contributed by atoms with Gasteiger partial charge in [-0.05, 0) is 35.4 Å². The normalized spacial score (nSPS) is 12.4. The number of nitrogens with zero attached hydrogens (tertiary/aromatic N) is 1. The standard InChI is InChI=1S/C12H7ClF3NO2S/c13-20(18,19)9-1-2-10(8-3-5-17-6-4-8)11(7-9)12(14,15)16/h1-7H. The van der Waals surface area contributed by atoms with Crippen molar-refractivity contribution in [2.45, 2.75) is 11.1 Å². The van der Waals surface area contributed by atoms with Crippen LogP contribution in [0.1, 0.15) is 5.56 Å². The number of alkyl halides is 3. The van der Waals surface area contributed by atoms with Gasteiger partial charge in [0, 0.05) is 23.1 Å². The molecule has 106 valence electrons. The van der Waals surface area contributed by atoms with Crippen LogP contribution in [0.15, 0.2) is 47.6 Å². The molecule has 20 heavy (non-hydrogen) atoms. The second-order valence-corrected chi connectivity index (χ2v) is 6.44. The van der Waals surface area contributed by atoms with Crippen molar-refractivity contribution in [3.05, 3.63) is 48.3 Å². The van der Waals surface area contributed by atoms with Crippen molar-refractivity contribution >= 4 is 19.7 Å². The molecule has 0 N–H and O–H groups in total. The number of halogens is 4. The van der Waals surface area contributed by atoms with Crippen LogP contribution in [0, 0.1) is 0 Å². The van der Waals surface area contributed by atoms with Gasteiger partial charge in [0.05, 0.1) is 10.5 Å². The van der Waals surface area contributed by atoms with Crippen molar-refractivity contribution in [1.29, 1.82) is 0 Å². The fourth-order valence-corrected chi connectivity index (χ4v) is 2.47. The largest absolute Gasteiger partial charge is 0.417 e. The molecule has 0 unspecified atom stereocenters. The molecule has 0 aliphatic rings. The number of pyridine rings is 1. The van der Waals surface area contributed by atoms with Crippen LogP contribution in [0.4, 0.5) is 13.2 Å².